The van der Waals surface area contributed by atoms with E-state index in [4.69, 9.17) is 13.9 Å². The summed E-state index contributed by atoms with van der Waals surface area (Å²) in [4.78, 5) is 0. The highest BCUT2D eigenvalue weighted by Gasteiger charge is 2.53. The molecule has 2 aromatic carbocycles. The van der Waals surface area contributed by atoms with E-state index in [0.29, 0.717) is 5.92 Å². The summed E-state index contributed by atoms with van der Waals surface area (Å²) in [6.07, 6.45) is 1.98. The molecule has 0 radical (unpaired) electrons. The molecule has 1 fully saturated rings. The number of ether oxygens (including phenoxy) is 2. The molecule has 0 saturated carbocycles. The summed E-state index contributed by atoms with van der Waals surface area (Å²) in [6, 6.07) is 21.8. The van der Waals surface area contributed by atoms with Crippen LogP contribution in [0.3, 0.4) is 0 Å². The Hall–Kier alpha value is -1.50. The molecule has 0 unspecified atom stereocenters. The third kappa shape index (κ3) is 5.65. The zero-order chi connectivity index (χ0) is 22.4. The van der Waals surface area contributed by atoms with Gasteiger partial charge in [-0.05, 0) is 55.7 Å². The smallest absolute Gasteiger partial charge is 0.261 e. The minimum absolute atomic E-state index is 0.0613. The van der Waals surface area contributed by atoms with Crippen molar-refractivity contribution < 1.29 is 13.9 Å². The van der Waals surface area contributed by atoms with Crippen LogP contribution in [-0.2, 0) is 13.9 Å². The number of hydrogen-bond acceptors (Lipinski definition) is 4. The lowest BCUT2D eigenvalue weighted by Gasteiger charge is -2.47. The second-order valence-electron chi connectivity index (χ2n) is 9.69. The zero-order valence-electron chi connectivity index (χ0n) is 19.8. The minimum atomic E-state index is -2.58. The van der Waals surface area contributed by atoms with Gasteiger partial charge in [0.1, 0.15) is 0 Å². The van der Waals surface area contributed by atoms with E-state index in [1.165, 1.54) is 10.4 Å². The molecule has 0 bridgehead atoms. The van der Waals surface area contributed by atoms with Crippen LogP contribution in [0, 0.1) is 5.92 Å². The van der Waals surface area contributed by atoms with Crippen molar-refractivity contribution in [3.63, 3.8) is 0 Å². The van der Waals surface area contributed by atoms with Gasteiger partial charge in [-0.2, -0.15) is 0 Å². The van der Waals surface area contributed by atoms with Gasteiger partial charge in [0, 0.05) is 12.5 Å². The Morgan fingerprint density at radius 2 is 1.48 bits per heavy atom. The molecule has 3 rings (SSSR count). The molecular weight excluding hydrogens is 402 g/mol. The first-order chi connectivity index (χ1) is 14.8. The van der Waals surface area contributed by atoms with Gasteiger partial charge in [-0.25, -0.2) is 0 Å². The normalized spacial score (nSPS) is 17.6. The van der Waals surface area contributed by atoms with E-state index in [2.05, 4.69) is 79.8 Å². The van der Waals surface area contributed by atoms with Crippen LogP contribution in [0.2, 0.25) is 5.04 Å². The molecular formula is C26H39NO3Si. The number of nitrogens with one attached hydrogen (secondary N) is 1. The maximum absolute atomic E-state index is 7.07. The summed E-state index contributed by atoms with van der Waals surface area (Å²) < 4.78 is 19.1. The predicted octanol–water partition coefficient (Wildman–Crippen LogP) is 3.94. The molecule has 0 spiro atoms. The second kappa shape index (κ2) is 10.4. The molecule has 1 N–H and O–H groups in total. The Morgan fingerprint density at radius 3 is 1.97 bits per heavy atom. The van der Waals surface area contributed by atoms with Gasteiger partial charge >= 0.3 is 0 Å². The monoisotopic (exact) mass is 441 g/mol. The molecule has 1 saturated heterocycles. The predicted molar refractivity (Wildman–Crippen MR) is 131 cm³/mol. The van der Waals surface area contributed by atoms with Gasteiger partial charge in [-0.1, -0.05) is 74.5 Å². The van der Waals surface area contributed by atoms with Gasteiger partial charge in [0.05, 0.1) is 13.2 Å². The van der Waals surface area contributed by atoms with Crippen molar-refractivity contribution in [2.24, 2.45) is 5.92 Å². The maximum atomic E-state index is 7.07. The molecule has 0 atom stereocenters. The zero-order valence-corrected chi connectivity index (χ0v) is 20.8. The van der Waals surface area contributed by atoms with Gasteiger partial charge in [0.2, 0.25) is 0 Å². The standard InChI is InChI=1S/C26H39NO3Si/c1-25(2,19-22-20-28-26(3,4)29-21-22)31(30-18-12-17-27-5,23-13-8-6-9-14-23)24-15-10-7-11-16-24/h6-11,13-16,22,27H,12,17-21H2,1-5H3. The molecule has 1 aliphatic heterocycles. The molecule has 0 amide bonds. The third-order valence-electron chi connectivity index (χ3n) is 6.34. The summed E-state index contributed by atoms with van der Waals surface area (Å²) in [6.45, 7) is 11.9. The van der Waals surface area contributed by atoms with E-state index < -0.39 is 14.1 Å². The molecule has 31 heavy (non-hydrogen) atoms. The molecule has 1 aliphatic rings. The van der Waals surface area contributed by atoms with Crippen LogP contribution in [0.25, 0.3) is 0 Å². The molecule has 4 nitrogen and oxygen atoms in total. The van der Waals surface area contributed by atoms with E-state index in [1.54, 1.807) is 0 Å². The van der Waals surface area contributed by atoms with E-state index in [0.717, 1.165) is 39.2 Å². The second-order valence-corrected chi connectivity index (χ2v) is 13.9. The van der Waals surface area contributed by atoms with Crippen LogP contribution >= 0.6 is 0 Å². The minimum Gasteiger partial charge on any atom is -0.407 e. The van der Waals surface area contributed by atoms with Crippen molar-refractivity contribution in [2.45, 2.75) is 51.4 Å². The van der Waals surface area contributed by atoms with E-state index in [1.807, 2.05) is 20.9 Å². The number of hydrogen-bond donors (Lipinski definition) is 1. The van der Waals surface area contributed by atoms with Crippen LogP contribution in [0.15, 0.2) is 60.7 Å². The molecule has 170 valence electrons. The number of rotatable bonds is 10. The van der Waals surface area contributed by atoms with Gasteiger partial charge in [0.15, 0.2) is 5.79 Å². The lowest BCUT2D eigenvalue weighted by Crippen LogP contribution is -2.67. The first-order valence-electron chi connectivity index (χ1n) is 11.5. The Bertz CT molecular complexity index is 745. The summed E-state index contributed by atoms with van der Waals surface area (Å²) in [5, 5.41) is 5.84. The van der Waals surface area contributed by atoms with Crippen LogP contribution in [0.1, 0.15) is 40.5 Å². The fraction of sp³-hybridized carbons (Fsp3) is 0.538. The highest BCUT2D eigenvalue weighted by atomic mass is 28.4. The lowest BCUT2D eigenvalue weighted by molar-refractivity contribution is -0.263. The van der Waals surface area contributed by atoms with Crippen LogP contribution < -0.4 is 15.7 Å². The first kappa shape index (κ1) is 24.1. The molecule has 0 aliphatic carbocycles. The van der Waals surface area contributed by atoms with Gasteiger partial charge in [-0.3, -0.25) is 0 Å². The topological polar surface area (TPSA) is 39.7 Å². The van der Waals surface area contributed by atoms with Gasteiger partial charge < -0.3 is 19.2 Å². The number of benzene rings is 2. The fourth-order valence-corrected chi connectivity index (χ4v) is 9.81. The Kier molecular flexibility index (Phi) is 8.11. The summed E-state index contributed by atoms with van der Waals surface area (Å²) in [5.74, 6) is -0.138. The Labute approximate surface area is 189 Å². The first-order valence-corrected chi connectivity index (χ1v) is 13.4. The van der Waals surface area contributed by atoms with E-state index in [-0.39, 0.29) is 5.04 Å². The quantitative estimate of drug-likeness (QED) is 0.448. The van der Waals surface area contributed by atoms with Crippen LogP contribution in [-0.4, -0.2) is 47.5 Å². The summed E-state index contributed by atoms with van der Waals surface area (Å²) in [7, 11) is -0.590. The highest BCUT2D eigenvalue weighted by molar-refractivity contribution is 6.99. The summed E-state index contributed by atoms with van der Waals surface area (Å²) in [5.41, 5.74) is 0. The van der Waals surface area contributed by atoms with Crippen molar-refractivity contribution in [1.29, 1.82) is 0 Å². The van der Waals surface area contributed by atoms with Gasteiger partial charge in [0.25, 0.3) is 8.32 Å². The van der Waals surface area contributed by atoms with Crippen molar-refractivity contribution in [2.75, 3.05) is 33.4 Å². The van der Waals surface area contributed by atoms with Crippen molar-refractivity contribution in [3.05, 3.63) is 60.7 Å². The fourth-order valence-electron chi connectivity index (χ4n) is 4.84. The average molecular weight is 442 g/mol. The largest absolute Gasteiger partial charge is 0.407 e. The van der Waals surface area contributed by atoms with E-state index in [9.17, 15) is 0 Å². The van der Waals surface area contributed by atoms with Crippen molar-refractivity contribution in [1.82, 2.24) is 5.32 Å². The third-order valence-corrected chi connectivity index (χ3v) is 11.4. The molecule has 1 heterocycles. The Morgan fingerprint density at radius 1 is 0.968 bits per heavy atom. The maximum Gasteiger partial charge on any atom is 0.261 e. The molecule has 2 aromatic rings. The summed E-state index contributed by atoms with van der Waals surface area (Å²) >= 11 is 0. The van der Waals surface area contributed by atoms with Crippen molar-refractivity contribution in [3.8, 4) is 0 Å². The highest BCUT2D eigenvalue weighted by Crippen LogP contribution is 2.44. The molecule has 5 heteroatoms. The Balaban J connectivity index is 2.00. The lowest BCUT2D eigenvalue weighted by atomic mass is 9.96. The average Bonchev–Trinajstić information content (AvgIpc) is 2.76. The van der Waals surface area contributed by atoms with Crippen LogP contribution in [0.4, 0.5) is 0 Å². The van der Waals surface area contributed by atoms with Crippen molar-refractivity contribution >= 4 is 18.7 Å². The van der Waals surface area contributed by atoms with Gasteiger partial charge in [-0.15, -0.1) is 0 Å². The molecule has 0 aromatic heterocycles. The van der Waals surface area contributed by atoms with Crippen LogP contribution in [0.5, 0.6) is 0 Å². The van der Waals surface area contributed by atoms with E-state index >= 15 is 0 Å². The SMILES string of the molecule is CNCCCO[Si](c1ccccc1)(c1ccccc1)C(C)(C)CC1COC(C)(C)OC1.